The van der Waals surface area contributed by atoms with Crippen LogP contribution in [0.25, 0.3) is 0 Å². The maximum atomic E-state index is 6.36. The monoisotopic (exact) mass is 261 g/mol. The molecule has 106 valence electrons. The van der Waals surface area contributed by atoms with E-state index in [2.05, 4.69) is 50.4 Å². The highest BCUT2D eigenvalue weighted by molar-refractivity contribution is 5.35. The molecule has 0 radical (unpaired) electrons. The Bertz CT molecular complexity index is 402. The van der Waals surface area contributed by atoms with Gasteiger partial charge in [-0.25, -0.2) is 0 Å². The van der Waals surface area contributed by atoms with Crippen LogP contribution in [0.2, 0.25) is 0 Å². The second-order valence-electron chi connectivity index (χ2n) is 6.16. The summed E-state index contributed by atoms with van der Waals surface area (Å²) in [5.74, 6) is 2.34. The summed E-state index contributed by atoms with van der Waals surface area (Å²) in [5, 5.41) is 3.42. The molecule has 1 aliphatic carbocycles. The van der Waals surface area contributed by atoms with Crippen LogP contribution in [0.15, 0.2) is 24.3 Å². The number of hydrogen-bond acceptors (Lipinski definition) is 2. The van der Waals surface area contributed by atoms with E-state index in [1.807, 2.05) is 7.05 Å². The fourth-order valence-corrected chi connectivity index (χ4v) is 3.02. The van der Waals surface area contributed by atoms with Crippen molar-refractivity contribution in [3.05, 3.63) is 29.8 Å². The third-order valence-electron chi connectivity index (χ3n) is 4.24. The smallest absolute Gasteiger partial charge is 0.123 e. The topological polar surface area (TPSA) is 21.3 Å². The first kappa shape index (κ1) is 14.4. The van der Waals surface area contributed by atoms with Crippen LogP contribution in [-0.2, 0) is 0 Å². The maximum absolute atomic E-state index is 6.36. The number of likely N-dealkylation sites (N-methyl/N-ethyl adjacent to an activating group) is 1. The molecule has 1 aromatic carbocycles. The number of benzene rings is 1. The van der Waals surface area contributed by atoms with E-state index >= 15 is 0 Å². The summed E-state index contributed by atoms with van der Waals surface area (Å²) < 4.78 is 6.36. The summed E-state index contributed by atoms with van der Waals surface area (Å²) in [4.78, 5) is 0. The van der Waals surface area contributed by atoms with E-state index in [1.165, 1.54) is 18.4 Å². The van der Waals surface area contributed by atoms with E-state index in [-0.39, 0.29) is 0 Å². The number of rotatable bonds is 4. The average molecular weight is 261 g/mol. The van der Waals surface area contributed by atoms with E-state index in [0.717, 1.165) is 18.1 Å². The molecule has 0 saturated heterocycles. The van der Waals surface area contributed by atoms with Crippen LogP contribution in [0.1, 0.15) is 51.5 Å². The quantitative estimate of drug-likeness (QED) is 0.885. The number of para-hydroxylation sites is 1. The predicted octanol–water partition coefficient (Wildman–Crippen LogP) is 3.97. The Kier molecular flexibility index (Phi) is 4.87. The maximum Gasteiger partial charge on any atom is 0.123 e. The van der Waals surface area contributed by atoms with Gasteiger partial charge in [-0.2, -0.15) is 0 Å². The van der Waals surface area contributed by atoms with E-state index in [9.17, 15) is 0 Å². The van der Waals surface area contributed by atoms with Crippen LogP contribution < -0.4 is 10.1 Å². The van der Waals surface area contributed by atoms with E-state index in [1.54, 1.807) is 0 Å². The molecule has 3 unspecified atom stereocenters. The van der Waals surface area contributed by atoms with Crippen molar-refractivity contribution >= 4 is 0 Å². The second-order valence-corrected chi connectivity index (χ2v) is 6.16. The third-order valence-corrected chi connectivity index (χ3v) is 4.24. The Balaban J connectivity index is 2.14. The van der Waals surface area contributed by atoms with Crippen molar-refractivity contribution in [2.24, 2.45) is 5.92 Å². The molecule has 2 heteroatoms. The zero-order valence-electron chi connectivity index (χ0n) is 12.6. The summed E-state index contributed by atoms with van der Waals surface area (Å²) in [6, 6.07) is 8.95. The Morgan fingerprint density at radius 1 is 1.21 bits per heavy atom. The summed E-state index contributed by atoms with van der Waals surface area (Å²) >= 11 is 0. The number of nitrogens with one attached hydrogen (secondary N) is 1. The van der Waals surface area contributed by atoms with Crippen molar-refractivity contribution in [1.82, 2.24) is 5.32 Å². The highest BCUT2D eigenvalue weighted by Gasteiger charge is 2.29. The first-order valence-corrected chi connectivity index (χ1v) is 7.54. The van der Waals surface area contributed by atoms with Crippen molar-refractivity contribution in [1.29, 1.82) is 0 Å². The van der Waals surface area contributed by atoms with Gasteiger partial charge in [0.1, 0.15) is 11.9 Å². The summed E-state index contributed by atoms with van der Waals surface area (Å²) in [6.45, 7) is 6.78. The van der Waals surface area contributed by atoms with Crippen LogP contribution in [0.5, 0.6) is 5.75 Å². The van der Waals surface area contributed by atoms with Crippen LogP contribution in [0.4, 0.5) is 0 Å². The molecule has 1 fully saturated rings. The molecule has 3 atom stereocenters. The molecule has 0 aromatic heterocycles. The highest BCUT2D eigenvalue weighted by Crippen LogP contribution is 2.31. The Morgan fingerprint density at radius 2 is 1.95 bits per heavy atom. The van der Waals surface area contributed by atoms with Gasteiger partial charge in [0.15, 0.2) is 0 Å². The first-order chi connectivity index (χ1) is 9.11. The van der Waals surface area contributed by atoms with Gasteiger partial charge < -0.3 is 10.1 Å². The van der Waals surface area contributed by atoms with Gasteiger partial charge in [0.05, 0.1) is 0 Å². The van der Waals surface area contributed by atoms with Gasteiger partial charge in [-0.05, 0) is 49.8 Å². The molecule has 0 heterocycles. The molecule has 1 aromatic rings. The molecule has 0 aliphatic heterocycles. The molecule has 1 N–H and O–H groups in total. The van der Waals surface area contributed by atoms with Crippen LogP contribution in [-0.4, -0.2) is 19.2 Å². The zero-order chi connectivity index (χ0) is 13.8. The van der Waals surface area contributed by atoms with E-state index < -0.39 is 0 Å². The minimum absolute atomic E-state index is 0.300. The minimum Gasteiger partial charge on any atom is -0.489 e. The lowest BCUT2D eigenvalue weighted by Gasteiger charge is -2.35. The predicted molar refractivity (Wildman–Crippen MR) is 80.8 cm³/mol. The van der Waals surface area contributed by atoms with Crippen molar-refractivity contribution in [2.75, 3.05) is 7.05 Å². The third kappa shape index (κ3) is 3.50. The van der Waals surface area contributed by atoms with Crippen LogP contribution in [0, 0.1) is 5.92 Å². The van der Waals surface area contributed by atoms with Gasteiger partial charge in [0.25, 0.3) is 0 Å². The van der Waals surface area contributed by atoms with Crippen LogP contribution in [0.3, 0.4) is 0 Å². The van der Waals surface area contributed by atoms with Gasteiger partial charge in [0, 0.05) is 6.04 Å². The zero-order valence-corrected chi connectivity index (χ0v) is 12.6. The normalized spacial score (nSPS) is 27.5. The SMILES string of the molecule is CNC1CCC(C)CC1Oc1ccccc1C(C)C. The lowest BCUT2D eigenvalue weighted by atomic mass is 9.85. The van der Waals surface area contributed by atoms with E-state index in [0.29, 0.717) is 18.1 Å². The number of hydrogen-bond donors (Lipinski definition) is 1. The molecule has 1 aliphatic rings. The van der Waals surface area contributed by atoms with Gasteiger partial charge in [-0.3, -0.25) is 0 Å². The Hall–Kier alpha value is -1.02. The fraction of sp³-hybridized carbons (Fsp3) is 0.647. The fourth-order valence-electron chi connectivity index (χ4n) is 3.02. The molecular formula is C17H27NO. The molecule has 0 amide bonds. The van der Waals surface area contributed by atoms with Crippen molar-refractivity contribution in [2.45, 2.75) is 58.1 Å². The Labute approximate surface area is 117 Å². The van der Waals surface area contributed by atoms with Crippen molar-refractivity contribution in [3.8, 4) is 5.75 Å². The van der Waals surface area contributed by atoms with Crippen molar-refractivity contribution in [3.63, 3.8) is 0 Å². The van der Waals surface area contributed by atoms with Gasteiger partial charge >= 0.3 is 0 Å². The first-order valence-electron chi connectivity index (χ1n) is 7.54. The molecule has 0 spiro atoms. The molecule has 0 bridgehead atoms. The highest BCUT2D eigenvalue weighted by atomic mass is 16.5. The lowest BCUT2D eigenvalue weighted by molar-refractivity contribution is 0.0932. The Morgan fingerprint density at radius 3 is 2.63 bits per heavy atom. The average Bonchev–Trinajstić information content (AvgIpc) is 2.39. The largest absolute Gasteiger partial charge is 0.489 e. The molecule has 2 rings (SSSR count). The summed E-state index contributed by atoms with van der Waals surface area (Å²) in [7, 11) is 2.05. The van der Waals surface area contributed by atoms with Crippen molar-refractivity contribution < 1.29 is 4.74 Å². The van der Waals surface area contributed by atoms with Gasteiger partial charge in [-0.1, -0.05) is 39.0 Å². The lowest BCUT2D eigenvalue weighted by Crippen LogP contribution is -2.45. The molecule has 1 saturated carbocycles. The van der Waals surface area contributed by atoms with Crippen LogP contribution >= 0.6 is 0 Å². The molecule has 2 nitrogen and oxygen atoms in total. The second kappa shape index (κ2) is 6.42. The van der Waals surface area contributed by atoms with E-state index in [4.69, 9.17) is 4.74 Å². The summed E-state index contributed by atoms with van der Waals surface area (Å²) in [5.41, 5.74) is 1.32. The van der Waals surface area contributed by atoms with Gasteiger partial charge in [-0.15, -0.1) is 0 Å². The van der Waals surface area contributed by atoms with Gasteiger partial charge in [0.2, 0.25) is 0 Å². The standard InChI is InChI=1S/C17H27NO/c1-12(2)14-7-5-6-8-16(14)19-17-11-13(3)9-10-15(17)18-4/h5-8,12-13,15,17-18H,9-11H2,1-4H3. The summed E-state index contributed by atoms with van der Waals surface area (Å²) in [6.07, 6.45) is 3.97. The minimum atomic E-state index is 0.300. The number of ether oxygens (including phenoxy) is 1. The molecule has 19 heavy (non-hydrogen) atoms. The molecular weight excluding hydrogens is 234 g/mol.